The van der Waals surface area contributed by atoms with Gasteiger partial charge in [0.15, 0.2) is 5.82 Å². The number of benzene rings is 1. The fraction of sp³-hybridized carbons (Fsp3) is 0.550. The van der Waals surface area contributed by atoms with Gasteiger partial charge in [0.2, 0.25) is 11.8 Å². The summed E-state index contributed by atoms with van der Waals surface area (Å²) in [6, 6.07) is 8.02. The summed E-state index contributed by atoms with van der Waals surface area (Å²) >= 11 is 0. The Morgan fingerprint density at radius 3 is 2.42 bits per heavy atom. The monoisotopic (exact) mass is 356 g/mol. The Kier molecular flexibility index (Phi) is 5.71. The zero-order valence-electron chi connectivity index (χ0n) is 16.1. The van der Waals surface area contributed by atoms with Crippen molar-refractivity contribution in [2.24, 2.45) is 5.92 Å². The predicted octanol–water partition coefficient (Wildman–Crippen LogP) is 2.77. The minimum atomic E-state index is -0.231. The number of carbonyl (C=O) groups excluding carboxylic acids is 1. The molecule has 1 amide bonds. The van der Waals surface area contributed by atoms with Gasteiger partial charge in [-0.25, -0.2) is 0 Å². The van der Waals surface area contributed by atoms with Crippen molar-refractivity contribution < 1.29 is 9.32 Å². The van der Waals surface area contributed by atoms with E-state index in [1.54, 1.807) is 0 Å². The van der Waals surface area contributed by atoms with E-state index in [1.807, 2.05) is 30.8 Å². The number of amides is 1. The first-order chi connectivity index (χ1) is 12.4. The van der Waals surface area contributed by atoms with E-state index in [-0.39, 0.29) is 11.9 Å². The summed E-state index contributed by atoms with van der Waals surface area (Å²) in [5.74, 6) is 2.07. The van der Waals surface area contributed by atoms with Crippen molar-refractivity contribution in [2.75, 3.05) is 27.2 Å². The molecule has 3 rings (SSSR count). The van der Waals surface area contributed by atoms with Gasteiger partial charge < -0.3 is 9.42 Å². The molecule has 0 bridgehead atoms. The van der Waals surface area contributed by atoms with E-state index in [9.17, 15) is 4.79 Å². The van der Waals surface area contributed by atoms with Crippen LogP contribution >= 0.6 is 0 Å². The van der Waals surface area contributed by atoms with Crippen LogP contribution in [-0.4, -0.2) is 53.0 Å². The Bertz CT molecular complexity index is 731. The lowest BCUT2D eigenvalue weighted by molar-refractivity contribution is -0.137. The number of likely N-dealkylation sites (N-methyl/N-ethyl adjacent to an activating group) is 1. The predicted molar refractivity (Wildman–Crippen MR) is 99.7 cm³/mol. The van der Waals surface area contributed by atoms with Crippen molar-refractivity contribution in [3.05, 3.63) is 47.1 Å². The highest BCUT2D eigenvalue weighted by atomic mass is 16.5. The number of rotatable bonds is 5. The molecule has 1 atom stereocenters. The fourth-order valence-electron chi connectivity index (χ4n) is 3.61. The van der Waals surface area contributed by atoms with Crippen molar-refractivity contribution in [3.63, 3.8) is 0 Å². The van der Waals surface area contributed by atoms with Crippen LogP contribution in [0.2, 0.25) is 0 Å². The normalized spacial score (nSPS) is 16.9. The molecule has 2 aromatic rings. The summed E-state index contributed by atoms with van der Waals surface area (Å²) in [6.07, 6.45) is 2.75. The van der Waals surface area contributed by atoms with E-state index in [2.05, 4.69) is 41.3 Å². The number of aromatic nitrogens is 2. The van der Waals surface area contributed by atoms with Crippen LogP contribution in [0, 0.1) is 19.8 Å². The minimum Gasteiger partial charge on any atom is -0.341 e. The maximum atomic E-state index is 13.1. The molecule has 0 N–H and O–H groups in total. The van der Waals surface area contributed by atoms with Gasteiger partial charge in [-0.3, -0.25) is 9.69 Å². The van der Waals surface area contributed by atoms with Gasteiger partial charge in [-0.1, -0.05) is 35.0 Å². The molecule has 0 radical (unpaired) electrons. The van der Waals surface area contributed by atoms with Gasteiger partial charge in [0.05, 0.1) is 0 Å². The highest BCUT2D eigenvalue weighted by Crippen LogP contribution is 2.26. The first-order valence-electron chi connectivity index (χ1n) is 9.25. The number of piperidine rings is 1. The maximum absolute atomic E-state index is 13.1. The van der Waals surface area contributed by atoms with Gasteiger partial charge in [-0.05, 0) is 52.3 Å². The number of likely N-dealkylation sites (tertiary alicyclic amines) is 1. The Morgan fingerprint density at radius 2 is 1.88 bits per heavy atom. The first-order valence-corrected chi connectivity index (χ1v) is 9.25. The van der Waals surface area contributed by atoms with Crippen LogP contribution in [-0.2, 0) is 11.2 Å². The maximum Gasteiger partial charge on any atom is 0.244 e. The van der Waals surface area contributed by atoms with Gasteiger partial charge >= 0.3 is 0 Å². The Labute approximate surface area is 155 Å². The summed E-state index contributed by atoms with van der Waals surface area (Å²) in [6.45, 7) is 5.46. The third-order valence-electron chi connectivity index (χ3n) is 5.10. The summed E-state index contributed by atoms with van der Waals surface area (Å²) in [4.78, 5) is 21.4. The van der Waals surface area contributed by atoms with Crippen LogP contribution in [0.3, 0.4) is 0 Å². The van der Waals surface area contributed by atoms with Gasteiger partial charge in [0.1, 0.15) is 6.04 Å². The number of carbonyl (C=O) groups is 1. The van der Waals surface area contributed by atoms with Gasteiger partial charge in [-0.15, -0.1) is 0 Å². The summed E-state index contributed by atoms with van der Waals surface area (Å²) in [7, 11) is 3.93. The molecule has 0 aliphatic carbocycles. The molecule has 6 heteroatoms. The quantitative estimate of drug-likeness (QED) is 0.824. The third-order valence-corrected chi connectivity index (χ3v) is 5.10. The van der Waals surface area contributed by atoms with Crippen LogP contribution in [0.25, 0.3) is 0 Å². The molecule has 6 nitrogen and oxygen atoms in total. The van der Waals surface area contributed by atoms with Crippen LogP contribution in [0.1, 0.15) is 41.7 Å². The van der Waals surface area contributed by atoms with Crippen LogP contribution in [0.4, 0.5) is 0 Å². The highest BCUT2D eigenvalue weighted by molar-refractivity contribution is 5.83. The van der Waals surface area contributed by atoms with Gasteiger partial charge in [0.25, 0.3) is 0 Å². The second kappa shape index (κ2) is 7.99. The van der Waals surface area contributed by atoms with Crippen LogP contribution < -0.4 is 0 Å². The molecular formula is C20H28N4O2. The molecule has 2 heterocycles. The third kappa shape index (κ3) is 4.30. The molecule has 0 unspecified atom stereocenters. The Morgan fingerprint density at radius 1 is 1.23 bits per heavy atom. The van der Waals surface area contributed by atoms with Crippen LogP contribution in [0.5, 0.6) is 0 Å². The number of nitrogens with zero attached hydrogens (tertiary/aromatic N) is 4. The number of hydrogen-bond acceptors (Lipinski definition) is 5. The molecule has 1 aromatic heterocycles. The van der Waals surface area contributed by atoms with E-state index in [4.69, 9.17) is 4.52 Å². The SMILES string of the molecule is Cc1ccc([C@@H](C(=O)N2CCC(Cc3nc(C)no3)CC2)N(C)C)cc1. The molecule has 140 valence electrons. The average Bonchev–Trinajstić information content (AvgIpc) is 3.02. The minimum absolute atomic E-state index is 0.186. The van der Waals surface area contributed by atoms with Crippen LogP contribution in [0.15, 0.2) is 28.8 Å². The molecule has 0 saturated carbocycles. The van der Waals surface area contributed by atoms with E-state index in [1.165, 1.54) is 5.56 Å². The standard InChI is InChI=1S/C20H28N4O2/c1-14-5-7-17(8-6-14)19(23(3)4)20(25)24-11-9-16(10-12-24)13-18-21-15(2)22-26-18/h5-8,16,19H,9-13H2,1-4H3/t19-/m0/s1. The number of hydrogen-bond donors (Lipinski definition) is 0. The summed E-state index contributed by atoms with van der Waals surface area (Å²) < 4.78 is 5.23. The first kappa shape index (κ1) is 18.6. The lowest BCUT2D eigenvalue weighted by Gasteiger charge is -2.35. The fourth-order valence-corrected chi connectivity index (χ4v) is 3.61. The van der Waals surface area contributed by atoms with Gasteiger partial charge in [-0.2, -0.15) is 4.98 Å². The molecular weight excluding hydrogens is 328 g/mol. The van der Waals surface area contributed by atoms with Gasteiger partial charge in [0, 0.05) is 19.5 Å². The Hall–Kier alpha value is -2.21. The lowest BCUT2D eigenvalue weighted by Crippen LogP contribution is -2.44. The zero-order chi connectivity index (χ0) is 18.7. The van der Waals surface area contributed by atoms with Crippen molar-refractivity contribution in [2.45, 2.75) is 39.2 Å². The van der Waals surface area contributed by atoms with E-state index >= 15 is 0 Å². The molecule has 1 saturated heterocycles. The van der Waals surface area contributed by atoms with Crippen molar-refractivity contribution >= 4 is 5.91 Å². The largest absolute Gasteiger partial charge is 0.341 e. The molecule has 0 spiro atoms. The van der Waals surface area contributed by atoms with E-state index < -0.39 is 0 Å². The zero-order valence-corrected chi connectivity index (χ0v) is 16.1. The Balaban J connectivity index is 1.61. The van der Waals surface area contributed by atoms with Crippen molar-refractivity contribution in [1.29, 1.82) is 0 Å². The number of aryl methyl sites for hydroxylation is 2. The smallest absolute Gasteiger partial charge is 0.244 e. The molecule has 1 aliphatic rings. The summed E-state index contributed by atoms with van der Waals surface area (Å²) in [5, 5.41) is 3.85. The van der Waals surface area contributed by atoms with E-state index in [0.717, 1.165) is 37.9 Å². The lowest BCUT2D eigenvalue weighted by atomic mass is 9.92. The highest BCUT2D eigenvalue weighted by Gasteiger charge is 2.31. The summed E-state index contributed by atoms with van der Waals surface area (Å²) in [5.41, 5.74) is 2.25. The molecule has 1 aliphatic heterocycles. The molecule has 26 heavy (non-hydrogen) atoms. The van der Waals surface area contributed by atoms with Crippen molar-refractivity contribution in [1.82, 2.24) is 19.9 Å². The van der Waals surface area contributed by atoms with E-state index in [0.29, 0.717) is 17.6 Å². The average molecular weight is 356 g/mol. The molecule has 1 aromatic carbocycles. The van der Waals surface area contributed by atoms with Crippen molar-refractivity contribution in [3.8, 4) is 0 Å². The topological polar surface area (TPSA) is 62.5 Å². The second-order valence-corrected chi connectivity index (χ2v) is 7.48. The second-order valence-electron chi connectivity index (χ2n) is 7.48. The molecule has 1 fully saturated rings.